The molecule has 0 aliphatic heterocycles. The van der Waals surface area contributed by atoms with Crippen molar-refractivity contribution in [2.75, 3.05) is 0 Å². The van der Waals surface area contributed by atoms with Crippen molar-refractivity contribution >= 4 is 39.9 Å². The number of phenols is 1. The number of nitrogens with one attached hydrogen (secondary N) is 1. The minimum Gasteiger partial charge on any atom is -0.508 e. The van der Waals surface area contributed by atoms with Crippen LogP contribution in [0.1, 0.15) is 24.3 Å². The Morgan fingerprint density at radius 2 is 1.97 bits per heavy atom. The summed E-state index contributed by atoms with van der Waals surface area (Å²) in [4.78, 5) is 27.0. The highest BCUT2D eigenvalue weighted by Gasteiger charge is 2.19. The molecule has 6 rings (SSSR count). The average Bonchev–Trinajstić information content (AvgIpc) is 3.60. The molecule has 36 heavy (non-hydrogen) atoms. The van der Waals surface area contributed by atoms with Gasteiger partial charge in [-0.3, -0.25) is 9.59 Å². The van der Waals surface area contributed by atoms with Crippen LogP contribution in [0.4, 0.5) is 0 Å². The average molecular weight is 503 g/mol. The highest BCUT2D eigenvalue weighted by atomic mass is 35.5. The highest BCUT2D eigenvalue weighted by molar-refractivity contribution is 6.30. The van der Waals surface area contributed by atoms with Gasteiger partial charge < -0.3 is 14.8 Å². The Kier molecular flexibility index (Phi) is 6.43. The maximum atomic E-state index is 13.1. The van der Waals surface area contributed by atoms with Gasteiger partial charge in [0.25, 0.3) is 5.56 Å². The normalized spacial score (nSPS) is 12.8. The van der Waals surface area contributed by atoms with Gasteiger partial charge in [-0.15, -0.1) is 0 Å². The zero-order chi connectivity index (χ0) is 25.2. The Hall–Kier alpha value is -4.17. The molecule has 9 heteroatoms. The molecule has 0 atom stereocenters. The summed E-state index contributed by atoms with van der Waals surface area (Å²) in [6, 6.07) is 18.1. The number of oxazole rings is 1. The third kappa shape index (κ3) is 5.08. The van der Waals surface area contributed by atoms with Crippen LogP contribution in [0.25, 0.3) is 33.1 Å². The molecule has 3 aromatic carbocycles. The summed E-state index contributed by atoms with van der Waals surface area (Å²) in [7, 11) is 0. The first kappa shape index (κ1) is 23.6. The number of aromatic nitrogens is 3. The Labute approximate surface area is 211 Å². The number of phenolic OH excluding ortho intramolecular Hbond substituents is 1. The Balaban J connectivity index is 0.000000391. The fourth-order valence-electron chi connectivity index (χ4n) is 3.93. The van der Waals surface area contributed by atoms with Crippen molar-refractivity contribution in [1.29, 1.82) is 0 Å². The van der Waals surface area contributed by atoms with Crippen LogP contribution in [0.2, 0.25) is 5.02 Å². The SMILES string of the molecule is Cc1nc2ccc(Cn3nc(-c4cccc(Cl)c4)c4ccc(O)cc4c3=O)cc2o1.O=CNC1CC1. The number of carbonyl (C=O) groups excluding carboxylic acids is 1. The second-order valence-electron chi connectivity index (χ2n) is 8.65. The number of carbonyl (C=O) groups is 1. The van der Waals surface area contributed by atoms with Crippen molar-refractivity contribution in [3.63, 3.8) is 0 Å². The maximum absolute atomic E-state index is 13.1. The molecule has 2 heterocycles. The molecule has 0 radical (unpaired) electrons. The number of aryl methyl sites for hydroxylation is 1. The van der Waals surface area contributed by atoms with Gasteiger partial charge in [-0.1, -0.05) is 29.8 Å². The lowest BCUT2D eigenvalue weighted by Gasteiger charge is -2.12. The molecule has 8 nitrogen and oxygen atoms in total. The van der Waals surface area contributed by atoms with Crippen LogP contribution in [-0.2, 0) is 11.3 Å². The van der Waals surface area contributed by atoms with Gasteiger partial charge in [-0.2, -0.15) is 5.10 Å². The first-order chi connectivity index (χ1) is 17.4. The lowest BCUT2D eigenvalue weighted by Crippen LogP contribution is -2.24. The molecule has 5 aromatic rings. The smallest absolute Gasteiger partial charge is 0.275 e. The summed E-state index contributed by atoms with van der Waals surface area (Å²) >= 11 is 6.18. The molecule has 1 fully saturated rings. The van der Waals surface area contributed by atoms with Gasteiger partial charge in [0.1, 0.15) is 11.3 Å². The Morgan fingerprint density at radius 1 is 1.14 bits per heavy atom. The monoisotopic (exact) mass is 502 g/mol. The van der Waals surface area contributed by atoms with E-state index in [1.165, 1.54) is 23.6 Å². The summed E-state index contributed by atoms with van der Waals surface area (Å²) < 4.78 is 6.99. The van der Waals surface area contributed by atoms with Crippen LogP contribution in [0.3, 0.4) is 0 Å². The summed E-state index contributed by atoms with van der Waals surface area (Å²) in [5, 5.41) is 18.8. The van der Waals surface area contributed by atoms with E-state index in [1.807, 2.05) is 30.3 Å². The molecule has 182 valence electrons. The first-order valence-electron chi connectivity index (χ1n) is 11.5. The number of hydrogen-bond donors (Lipinski definition) is 2. The fourth-order valence-corrected chi connectivity index (χ4v) is 4.12. The van der Waals surface area contributed by atoms with Crippen molar-refractivity contribution in [1.82, 2.24) is 20.1 Å². The Morgan fingerprint density at radius 3 is 2.69 bits per heavy atom. The second kappa shape index (κ2) is 9.83. The molecule has 1 saturated carbocycles. The number of halogens is 1. The molecular weight excluding hydrogens is 480 g/mol. The van der Waals surface area contributed by atoms with Crippen LogP contribution in [0.15, 0.2) is 69.9 Å². The lowest BCUT2D eigenvalue weighted by atomic mass is 10.0. The summed E-state index contributed by atoms with van der Waals surface area (Å²) in [5.41, 5.74) is 3.38. The van der Waals surface area contributed by atoms with E-state index in [0.717, 1.165) is 23.1 Å². The number of nitrogens with zero attached hydrogens (tertiary/aromatic N) is 3. The van der Waals surface area contributed by atoms with E-state index in [4.69, 9.17) is 16.0 Å². The lowest BCUT2D eigenvalue weighted by molar-refractivity contribution is -0.109. The minimum absolute atomic E-state index is 0.0212. The Bertz CT molecular complexity index is 1640. The van der Waals surface area contributed by atoms with Crippen molar-refractivity contribution in [3.05, 3.63) is 87.5 Å². The van der Waals surface area contributed by atoms with Gasteiger partial charge in [-0.25, -0.2) is 9.67 Å². The number of hydrogen-bond acceptors (Lipinski definition) is 6. The summed E-state index contributed by atoms with van der Waals surface area (Å²) in [6.45, 7) is 2.03. The standard InChI is InChI=1S/C23H16ClN3O3.C4H7NO/c1-13-25-20-8-5-14(9-21(20)30-13)12-27-23(29)19-11-17(28)6-7-18(19)22(26-27)15-3-2-4-16(24)10-15;6-3-5-4-1-2-4/h2-11,28H,12H2,1H3;3-4H,1-2H2,(H,5,6). The number of rotatable bonds is 5. The van der Waals surface area contributed by atoms with Gasteiger partial charge in [-0.05, 0) is 60.9 Å². The van der Waals surface area contributed by atoms with E-state index in [1.54, 1.807) is 31.2 Å². The third-order valence-electron chi connectivity index (χ3n) is 5.82. The van der Waals surface area contributed by atoms with E-state index < -0.39 is 0 Å². The number of fused-ring (bicyclic) bond motifs is 2. The largest absolute Gasteiger partial charge is 0.508 e. The fraction of sp³-hybridized carbons (Fsp3) is 0.185. The number of amides is 1. The van der Waals surface area contributed by atoms with Crippen LogP contribution in [0.5, 0.6) is 5.75 Å². The van der Waals surface area contributed by atoms with Gasteiger partial charge in [0, 0.05) is 28.9 Å². The van der Waals surface area contributed by atoms with Crippen LogP contribution in [0, 0.1) is 6.92 Å². The van der Waals surface area contributed by atoms with Crippen LogP contribution in [-0.4, -0.2) is 32.3 Å². The topological polar surface area (TPSA) is 110 Å². The van der Waals surface area contributed by atoms with Crippen molar-refractivity contribution in [3.8, 4) is 17.0 Å². The van der Waals surface area contributed by atoms with Gasteiger partial charge in [0.2, 0.25) is 6.41 Å². The quantitative estimate of drug-likeness (QED) is 0.333. The zero-order valence-electron chi connectivity index (χ0n) is 19.4. The molecule has 0 bridgehead atoms. The third-order valence-corrected chi connectivity index (χ3v) is 6.05. The van der Waals surface area contributed by atoms with E-state index in [0.29, 0.717) is 39.0 Å². The van der Waals surface area contributed by atoms with Crippen LogP contribution < -0.4 is 10.9 Å². The molecule has 1 amide bonds. The van der Waals surface area contributed by atoms with E-state index in [9.17, 15) is 14.7 Å². The summed E-state index contributed by atoms with van der Waals surface area (Å²) in [6.07, 6.45) is 3.12. The van der Waals surface area contributed by atoms with E-state index >= 15 is 0 Å². The molecule has 2 aromatic heterocycles. The van der Waals surface area contributed by atoms with Gasteiger partial charge >= 0.3 is 0 Å². The van der Waals surface area contributed by atoms with E-state index in [2.05, 4.69) is 15.4 Å². The molecular formula is C27H23ClN4O4. The first-order valence-corrected chi connectivity index (χ1v) is 11.8. The molecule has 1 aliphatic carbocycles. The van der Waals surface area contributed by atoms with Gasteiger partial charge in [0.05, 0.1) is 17.6 Å². The van der Waals surface area contributed by atoms with Crippen molar-refractivity contribution in [2.45, 2.75) is 32.4 Å². The second-order valence-corrected chi connectivity index (χ2v) is 9.08. The summed E-state index contributed by atoms with van der Waals surface area (Å²) in [5.74, 6) is 0.606. The van der Waals surface area contributed by atoms with Gasteiger partial charge in [0.15, 0.2) is 11.5 Å². The number of benzene rings is 3. The highest BCUT2D eigenvalue weighted by Crippen LogP contribution is 2.29. The maximum Gasteiger partial charge on any atom is 0.275 e. The van der Waals surface area contributed by atoms with Crippen molar-refractivity contribution in [2.24, 2.45) is 0 Å². The van der Waals surface area contributed by atoms with Crippen molar-refractivity contribution < 1.29 is 14.3 Å². The zero-order valence-corrected chi connectivity index (χ0v) is 20.2. The minimum atomic E-state index is -0.291. The molecule has 1 aliphatic rings. The number of aromatic hydroxyl groups is 1. The molecule has 0 unspecified atom stereocenters. The molecule has 2 N–H and O–H groups in total. The predicted octanol–water partition coefficient (Wildman–Crippen LogP) is 4.82. The molecule has 0 spiro atoms. The molecule has 0 saturated heterocycles. The van der Waals surface area contributed by atoms with E-state index in [-0.39, 0.29) is 17.9 Å². The predicted molar refractivity (Wildman–Crippen MR) is 138 cm³/mol. The van der Waals surface area contributed by atoms with Crippen LogP contribution >= 0.6 is 11.6 Å².